The number of aliphatic hydroxyl groups is 6. The molecule has 6 N–H and O–H groups in total. The Labute approximate surface area is 766 Å². The lowest BCUT2D eigenvalue weighted by atomic mass is 10.0. The molecule has 3 aromatic carbocycles. The smallest absolute Gasteiger partial charge is 0.373 e. The predicted molar refractivity (Wildman–Crippen MR) is 499 cm³/mol. The highest BCUT2D eigenvalue weighted by Crippen LogP contribution is 2.39. The molecule has 0 saturated carbocycles. The van der Waals surface area contributed by atoms with E-state index in [-0.39, 0.29) is 66.6 Å². The number of ether oxygens (including phenoxy) is 15. The molecule has 0 amide bonds. The molecular weight excluding hydrogens is 1780 g/mol. The number of allylic oxidation sites excluding steroid dienone is 2. The van der Waals surface area contributed by atoms with Gasteiger partial charge in [-0.3, -0.25) is 4.79 Å². The fourth-order valence-electron chi connectivity index (χ4n) is 12.4. The van der Waals surface area contributed by atoms with Gasteiger partial charge in [-0.1, -0.05) is 177 Å². The van der Waals surface area contributed by atoms with Crippen LogP contribution in [-0.2, 0) is 100 Å². The van der Waals surface area contributed by atoms with Crippen molar-refractivity contribution in [3.8, 4) is 17.2 Å². The Morgan fingerprint density at radius 1 is 0.624 bits per heavy atom. The molecule has 0 spiro atoms. The summed E-state index contributed by atoms with van der Waals surface area (Å²) in [5, 5.41) is 56.0. The van der Waals surface area contributed by atoms with Gasteiger partial charge in [0, 0.05) is 10.5 Å². The number of hydrogen-bond donors (Lipinski definition) is 6. The lowest BCUT2D eigenvalue weighted by Gasteiger charge is -2.40. The van der Waals surface area contributed by atoms with Crippen LogP contribution in [0.15, 0.2) is 169 Å². The van der Waals surface area contributed by atoms with Gasteiger partial charge >= 0.3 is 12.1 Å². The van der Waals surface area contributed by atoms with Gasteiger partial charge in [0.15, 0.2) is 26.2 Å². The second kappa shape index (κ2) is 62.7. The summed E-state index contributed by atoms with van der Waals surface area (Å²) in [5.74, 6) is 3.03. The predicted octanol–water partition coefficient (Wildman–Crippen LogP) is 15.6. The summed E-state index contributed by atoms with van der Waals surface area (Å²) in [6, 6.07) is 23.3. The normalized spacial score (nSPS) is 23.1. The van der Waals surface area contributed by atoms with Gasteiger partial charge in [-0.2, -0.15) is 9.59 Å². The van der Waals surface area contributed by atoms with E-state index in [0.717, 1.165) is 84.0 Å². The van der Waals surface area contributed by atoms with Gasteiger partial charge in [-0.15, -0.1) is 23.5 Å². The minimum absolute atomic E-state index is 0.0265. The Balaban J connectivity index is 0.000000402. The fourth-order valence-corrected chi connectivity index (χ4v) is 17.0. The third-order valence-electron chi connectivity index (χ3n) is 20.7. The van der Waals surface area contributed by atoms with Crippen molar-refractivity contribution in [3.63, 3.8) is 0 Å². The Kier molecular flexibility index (Phi) is 57.0. The van der Waals surface area contributed by atoms with Crippen molar-refractivity contribution in [1.29, 1.82) is 0 Å². The molecule has 0 radical (unpaired) electrons. The zero-order valence-electron chi connectivity index (χ0n) is 76.9. The number of alkyl halides is 1. The number of hydrogen-bond acceptors (Lipinski definition) is 28. The van der Waals surface area contributed by atoms with Gasteiger partial charge < -0.3 is 106 Å². The van der Waals surface area contributed by atoms with E-state index in [4.69, 9.17) is 96.0 Å². The van der Waals surface area contributed by atoms with Crippen LogP contribution in [0, 0.1) is 0 Å². The molecule has 3 saturated heterocycles. The largest absolute Gasteiger partial charge is 0.497 e. The summed E-state index contributed by atoms with van der Waals surface area (Å²) >= 11 is 6.19. The fraction of sp³-hybridized carbons (Fsp3) is 0.611. The van der Waals surface area contributed by atoms with Crippen LogP contribution in [0.4, 0.5) is 0 Å². The second-order valence-corrected chi connectivity index (χ2v) is 41.7. The average molecular weight is 1920 g/mol. The number of carbonyl (C=O) groups is 2. The lowest BCUT2D eigenvalue weighted by Crippen LogP contribution is -2.52. The number of carbonyl (C=O) groups excluding carboxylic acids is 4. The standard InChI is InChI=1S/C28H42O5Si.C22H30O4.C19H26O6.C12H24O3S2.C8H13IO.C5H10O5.CO2/c1-22-17-19-31-25(20-22)15-16-27(33-34(6,7)28(2,3)4)26(10-8-9-18-29)32-21-23-11-13-24(30-5)14-12-23;1-4-5-6-22(26-16-18-7-9-19(24-3)10-8-18)21(23)12-11-20-15-17(2)13-14-25-20;1-19(2)24-13-17(25-19)16(6-5-7-18(20)22-4)23-12-14-8-10-15(21-3)11-9-14;1-5-16-11(17-6-2)7-9(13)10-8-14-12(3,4)15-10;1-7-3-5-10-8(6-7)2-4-9;6-2-1-10-5(9)4(8)3(2)7;2-1-3/h8-9,11-18,25-27H,10,19-21H2,1-7H3;4-5,7-13,20-23H,6,14-16H2,1-3H3;5,7-11,16-17H,6,12-13H2,1-4H3;9-11,13H,5-8H2,1-4H3;3,8H,2,4-6H2,1H3;2-9H,1H2;/b9-8+,16-15+;5-4+,12-11+;7-5+;;;;/t25-,26+,27-;20-,21?,22+;16-,17+;9-,10+;;2-,3-,4+,5?;/m1100.1./s1. The molecule has 3 aromatic rings. The number of rotatable bonds is 38. The van der Waals surface area contributed by atoms with Crippen LogP contribution in [0.3, 0.4) is 0 Å². The molecule has 3 fully saturated rings. The van der Waals surface area contributed by atoms with Crippen molar-refractivity contribution in [3.05, 3.63) is 185 Å². The van der Waals surface area contributed by atoms with Crippen LogP contribution in [0.25, 0.3) is 0 Å². The summed E-state index contributed by atoms with van der Waals surface area (Å²) < 4.78 is 91.4. The lowest BCUT2D eigenvalue weighted by molar-refractivity contribution is -0.252. The van der Waals surface area contributed by atoms with Crippen molar-refractivity contribution >= 4 is 72.8 Å². The van der Waals surface area contributed by atoms with E-state index in [9.17, 15) is 19.8 Å². The molecule has 6 heterocycles. The molecule has 3 unspecified atom stereocenters. The molecule has 0 bridgehead atoms. The zero-order chi connectivity index (χ0) is 93.0. The number of benzene rings is 3. The zero-order valence-corrected chi connectivity index (χ0v) is 81.7. The van der Waals surface area contributed by atoms with Crippen LogP contribution in [0.1, 0.15) is 158 Å². The van der Waals surface area contributed by atoms with E-state index in [1.807, 2.05) is 155 Å². The van der Waals surface area contributed by atoms with E-state index >= 15 is 0 Å². The third kappa shape index (κ3) is 47.2. The summed E-state index contributed by atoms with van der Waals surface area (Å²) in [6.45, 7) is 35.6. The average Bonchev–Trinajstić information content (AvgIpc) is 1.43. The third-order valence-corrected chi connectivity index (χ3v) is 28.4. The van der Waals surface area contributed by atoms with Crippen molar-refractivity contribution in [2.45, 2.75) is 287 Å². The van der Waals surface area contributed by atoms with Gasteiger partial charge in [0.2, 0.25) is 0 Å². The Hall–Kier alpha value is -5.57. The van der Waals surface area contributed by atoms with E-state index in [1.165, 1.54) is 46.8 Å². The van der Waals surface area contributed by atoms with E-state index in [1.54, 1.807) is 33.5 Å². The van der Waals surface area contributed by atoms with Crippen LogP contribution in [0.2, 0.25) is 18.1 Å². The molecule has 0 aliphatic carbocycles. The summed E-state index contributed by atoms with van der Waals surface area (Å²) in [4.78, 5) is 38.4. The van der Waals surface area contributed by atoms with Gasteiger partial charge in [0.05, 0.1) is 147 Å². The van der Waals surface area contributed by atoms with Crippen LogP contribution in [-0.4, -0.2) is 249 Å². The second-order valence-electron chi connectivity index (χ2n) is 32.6. The van der Waals surface area contributed by atoms with E-state index in [0.29, 0.717) is 76.2 Å². The summed E-state index contributed by atoms with van der Waals surface area (Å²) in [7, 11) is 4.19. The molecule has 704 valence electrons. The Bertz CT molecular complexity index is 3710. The van der Waals surface area contributed by atoms with Gasteiger partial charge in [-0.05, 0) is 196 Å². The molecule has 26 nitrogen and oxygen atoms in total. The van der Waals surface area contributed by atoms with Crippen LogP contribution in [0.5, 0.6) is 17.2 Å². The number of thioether (sulfide) groups is 2. The van der Waals surface area contributed by atoms with Gasteiger partial charge in [0.25, 0.3) is 0 Å². The summed E-state index contributed by atoms with van der Waals surface area (Å²) in [6.07, 6.45) is 25.3. The highest BCUT2D eigenvalue weighted by molar-refractivity contribution is 14.1. The monoisotopic (exact) mass is 1920 g/mol. The first-order valence-corrected chi connectivity index (χ1v) is 49.2. The number of halogens is 1. The van der Waals surface area contributed by atoms with Crippen molar-refractivity contribution in [2.24, 2.45) is 0 Å². The van der Waals surface area contributed by atoms with Crippen molar-refractivity contribution < 1.29 is 125 Å². The van der Waals surface area contributed by atoms with Crippen molar-refractivity contribution in [1.82, 2.24) is 0 Å². The quantitative estimate of drug-likeness (QED) is 0.00454. The number of esters is 1. The first-order valence-electron chi connectivity index (χ1n) is 42.6. The first kappa shape index (κ1) is 114. The maximum Gasteiger partial charge on any atom is 0.373 e. The molecule has 15 atom stereocenters. The number of methoxy groups -OCH3 is 4. The minimum Gasteiger partial charge on any atom is -0.497 e. The van der Waals surface area contributed by atoms with Gasteiger partial charge in [0.1, 0.15) is 54.1 Å². The van der Waals surface area contributed by atoms with Crippen molar-refractivity contribution in [2.75, 3.05) is 84.0 Å². The molecular formula is C95H145IO26S2Si. The number of aldehydes is 1. The SMILES string of the molecule is C/C=C/C[C@H](OCc1ccc(OC)cc1)C(O)/C=C/[C@@H]1CC(C)=CCO1.CC1=CCOC(CCI)C1.CCSC(C[C@H](O)[C@H]1COC(C)(C)O1)SCC.COC(=O)/C=C/C[C@H](OCc1ccc(OC)cc1)[C@H]1COC(C)(C)O1.COc1ccc(CO[C@@H](C/C=C/C=O)[C@@H](/C=C/[C@@H]2CC(C)=CCO2)O[Si](C)(C)C(C)(C)C)cc1.O=C=O.OC1OC[C@@H](O)[C@@H](O)[C@@H]1O. The summed E-state index contributed by atoms with van der Waals surface area (Å²) in [5.41, 5.74) is 7.27. The topological polar surface area (TPSA) is 337 Å². The maximum atomic E-state index is 11.2. The van der Waals surface area contributed by atoms with E-state index < -0.39 is 62.7 Å². The molecule has 6 aliphatic heterocycles. The maximum absolute atomic E-state index is 11.2. The van der Waals surface area contributed by atoms with Gasteiger partial charge in [-0.25, -0.2) is 4.79 Å². The molecule has 0 aromatic heterocycles. The van der Waals surface area contributed by atoms with E-state index in [2.05, 4.69) is 131 Å². The molecule has 30 heteroatoms. The minimum atomic E-state index is -2.09. The Morgan fingerprint density at radius 3 is 1.51 bits per heavy atom. The molecule has 9 rings (SSSR count). The highest BCUT2D eigenvalue weighted by Gasteiger charge is 2.42. The molecule has 125 heavy (non-hydrogen) atoms. The Morgan fingerprint density at radius 2 is 1.09 bits per heavy atom. The number of aliphatic hydroxyl groups excluding tert-OH is 6. The highest BCUT2D eigenvalue weighted by atomic mass is 127. The first-order chi connectivity index (χ1) is 59.4. The molecule has 6 aliphatic rings. The van der Waals surface area contributed by atoms with Crippen LogP contribution < -0.4 is 14.2 Å². The van der Waals surface area contributed by atoms with Crippen LogP contribution >= 0.6 is 46.1 Å².